The van der Waals surface area contributed by atoms with E-state index < -0.39 is 0 Å². The first-order chi connectivity index (χ1) is 8.74. The molecular formula is C15H16FNO. The van der Waals surface area contributed by atoms with Crippen molar-refractivity contribution in [1.82, 2.24) is 5.32 Å². The normalized spacial score (nSPS) is 19.8. The Morgan fingerprint density at radius 1 is 1.39 bits per heavy atom. The van der Waals surface area contributed by atoms with Gasteiger partial charge >= 0.3 is 0 Å². The molecule has 0 fully saturated rings. The van der Waals surface area contributed by atoms with E-state index in [1.807, 2.05) is 18.2 Å². The molecule has 1 unspecified atom stereocenters. The van der Waals surface area contributed by atoms with Crippen molar-refractivity contribution >= 4 is 0 Å². The van der Waals surface area contributed by atoms with Crippen molar-refractivity contribution in [2.75, 3.05) is 0 Å². The number of hydrogen-bond donors (Lipinski definition) is 1. The van der Waals surface area contributed by atoms with Gasteiger partial charge in [-0.1, -0.05) is 6.07 Å². The zero-order valence-electron chi connectivity index (χ0n) is 10.3. The minimum absolute atomic E-state index is 0.145. The van der Waals surface area contributed by atoms with Gasteiger partial charge in [0.05, 0.1) is 12.3 Å². The second-order valence-corrected chi connectivity index (χ2v) is 4.84. The van der Waals surface area contributed by atoms with E-state index in [9.17, 15) is 4.39 Å². The van der Waals surface area contributed by atoms with Gasteiger partial charge in [0.15, 0.2) is 0 Å². The molecule has 0 saturated heterocycles. The fourth-order valence-electron chi connectivity index (χ4n) is 2.68. The lowest BCUT2D eigenvalue weighted by Crippen LogP contribution is -2.22. The van der Waals surface area contributed by atoms with Gasteiger partial charge in [-0.05, 0) is 55.2 Å². The van der Waals surface area contributed by atoms with E-state index in [-0.39, 0.29) is 11.9 Å². The summed E-state index contributed by atoms with van der Waals surface area (Å²) >= 11 is 0. The standard InChI is InChI=1S/C15H16FNO/c1-10(15-3-2-8-18-15)17-14-7-4-11-9-12(16)5-6-13(11)14/h2-3,5-6,8-10,14,17H,4,7H2,1H3/t10-,14?/m0/s1. The molecule has 2 nitrogen and oxygen atoms in total. The van der Waals surface area contributed by atoms with Crippen LogP contribution in [-0.2, 0) is 6.42 Å². The van der Waals surface area contributed by atoms with Crippen molar-refractivity contribution in [2.45, 2.75) is 31.8 Å². The second-order valence-electron chi connectivity index (χ2n) is 4.84. The minimum atomic E-state index is -0.145. The Hall–Kier alpha value is -1.61. The molecule has 0 radical (unpaired) electrons. The van der Waals surface area contributed by atoms with Crippen molar-refractivity contribution in [2.24, 2.45) is 0 Å². The largest absolute Gasteiger partial charge is 0.468 e. The Bertz CT molecular complexity index is 535. The first-order valence-electron chi connectivity index (χ1n) is 6.32. The van der Waals surface area contributed by atoms with Gasteiger partial charge in [-0.15, -0.1) is 0 Å². The fourth-order valence-corrected chi connectivity index (χ4v) is 2.68. The summed E-state index contributed by atoms with van der Waals surface area (Å²) in [5.41, 5.74) is 2.34. The van der Waals surface area contributed by atoms with Crippen molar-refractivity contribution < 1.29 is 8.81 Å². The van der Waals surface area contributed by atoms with Gasteiger partial charge in [-0.2, -0.15) is 0 Å². The molecule has 18 heavy (non-hydrogen) atoms. The highest BCUT2D eigenvalue weighted by atomic mass is 19.1. The number of fused-ring (bicyclic) bond motifs is 1. The molecule has 3 rings (SSSR count). The quantitative estimate of drug-likeness (QED) is 0.890. The summed E-state index contributed by atoms with van der Waals surface area (Å²) < 4.78 is 18.5. The molecule has 1 aliphatic carbocycles. The number of hydrogen-bond acceptors (Lipinski definition) is 2. The fraction of sp³-hybridized carbons (Fsp3) is 0.333. The van der Waals surface area contributed by atoms with E-state index in [0.717, 1.165) is 24.2 Å². The van der Waals surface area contributed by atoms with Crippen LogP contribution in [0.4, 0.5) is 4.39 Å². The summed E-state index contributed by atoms with van der Waals surface area (Å²) in [4.78, 5) is 0. The topological polar surface area (TPSA) is 25.2 Å². The first kappa shape index (κ1) is 11.5. The second kappa shape index (κ2) is 4.58. The van der Waals surface area contributed by atoms with Gasteiger partial charge in [-0.25, -0.2) is 4.39 Å². The molecule has 1 aromatic heterocycles. The molecule has 3 heteroatoms. The third kappa shape index (κ3) is 2.06. The number of nitrogens with one attached hydrogen (secondary N) is 1. The number of rotatable bonds is 3. The number of furan rings is 1. The molecular weight excluding hydrogens is 229 g/mol. The SMILES string of the molecule is C[C@H](NC1CCc2cc(F)ccc21)c1ccco1. The highest BCUT2D eigenvalue weighted by molar-refractivity contribution is 5.35. The third-order valence-corrected chi connectivity index (χ3v) is 3.60. The molecule has 1 N–H and O–H groups in total. The highest BCUT2D eigenvalue weighted by Crippen LogP contribution is 2.33. The van der Waals surface area contributed by atoms with Crippen molar-refractivity contribution in [3.63, 3.8) is 0 Å². The van der Waals surface area contributed by atoms with Crippen molar-refractivity contribution in [3.05, 3.63) is 59.3 Å². The Labute approximate surface area is 106 Å². The van der Waals surface area contributed by atoms with Gasteiger partial charge < -0.3 is 9.73 Å². The summed E-state index contributed by atoms with van der Waals surface area (Å²) in [6, 6.07) is 9.40. The molecule has 2 aromatic rings. The van der Waals surface area contributed by atoms with Gasteiger partial charge in [0.25, 0.3) is 0 Å². The van der Waals surface area contributed by atoms with Crippen LogP contribution >= 0.6 is 0 Å². The summed E-state index contributed by atoms with van der Waals surface area (Å²) in [6.45, 7) is 2.08. The maximum Gasteiger partial charge on any atom is 0.123 e. The summed E-state index contributed by atoms with van der Waals surface area (Å²) in [7, 11) is 0. The van der Waals surface area contributed by atoms with Gasteiger partial charge in [-0.3, -0.25) is 0 Å². The van der Waals surface area contributed by atoms with Crippen LogP contribution in [0.5, 0.6) is 0 Å². The lowest BCUT2D eigenvalue weighted by Gasteiger charge is -2.18. The summed E-state index contributed by atoms with van der Waals surface area (Å²) in [5.74, 6) is 0.791. The predicted octanol–water partition coefficient (Wildman–Crippen LogP) is 3.76. The van der Waals surface area contributed by atoms with Crippen molar-refractivity contribution in [3.8, 4) is 0 Å². The van der Waals surface area contributed by atoms with E-state index in [4.69, 9.17) is 4.42 Å². The molecule has 94 valence electrons. The molecule has 0 bridgehead atoms. The molecule has 2 atom stereocenters. The number of benzene rings is 1. The smallest absolute Gasteiger partial charge is 0.123 e. The van der Waals surface area contributed by atoms with E-state index in [1.165, 1.54) is 11.6 Å². The summed E-state index contributed by atoms with van der Waals surface area (Å²) in [6.07, 6.45) is 3.64. The maximum absolute atomic E-state index is 13.1. The van der Waals surface area contributed by atoms with E-state index in [2.05, 4.69) is 12.2 Å². The van der Waals surface area contributed by atoms with Crippen LogP contribution in [0, 0.1) is 5.82 Å². The highest BCUT2D eigenvalue weighted by Gasteiger charge is 2.24. The molecule has 0 aliphatic heterocycles. The van der Waals surface area contributed by atoms with Crippen LogP contribution in [-0.4, -0.2) is 0 Å². The Morgan fingerprint density at radius 2 is 2.28 bits per heavy atom. The lowest BCUT2D eigenvalue weighted by molar-refractivity contribution is 0.391. The molecule has 1 aliphatic rings. The van der Waals surface area contributed by atoms with Gasteiger partial charge in [0, 0.05) is 6.04 Å². The van der Waals surface area contributed by atoms with E-state index in [1.54, 1.807) is 12.3 Å². The van der Waals surface area contributed by atoms with Crippen LogP contribution in [0.2, 0.25) is 0 Å². The average molecular weight is 245 g/mol. The van der Waals surface area contributed by atoms with Crippen LogP contribution in [0.3, 0.4) is 0 Å². The Morgan fingerprint density at radius 3 is 3.06 bits per heavy atom. The van der Waals surface area contributed by atoms with E-state index >= 15 is 0 Å². The average Bonchev–Trinajstić information content (AvgIpc) is 2.98. The molecule has 0 saturated carbocycles. The Balaban J connectivity index is 1.77. The Kier molecular flexibility index (Phi) is 2.92. The van der Waals surface area contributed by atoms with Crippen LogP contribution < -0.4 is 5.32 Å². The van der Waals surface area contributed by atoms with E-state index in [0.29, 0.717) is 6.04 Å². The molecule has 0 amide bonds. The zero-order valence-corrected chi connectivity index (χ0v) is 10.3. The third-order valence-electron chi connectivity index (χ3n) is 3.60. The van der Waals surface area contributed by atoms with Gasteiger partial charge in [0.2, 0.25) is 0 Å². The number of halogens is 1. The first-order valence-corrected chi connectivity index (χ1v) is 6.32. The van der Waals surface area contributed by atoms with Crippen molar-refractivity contribution in [1.29, 1.82) is 0 Å². The lowest BCUT2D eigenvalue weighted by atomic mass is 10.1. The summed E-state index contributed by atoms with van der Waals surface area (Å²) in [5, 5.41) is 3.54. The number of aryl methyl sites for hydroxylation is 1. The monoisotopic (exact) mass is 245 g/mol. The molecule has 1 aromatic carbocycles. The zero-order chi connectivity index (χ0) is 12.5. The van der Waals surface area contributed by atoms with Crippen LogP contribution in [0.1, 0.15) is 42.3 Å². The van der Waals surface area contributed by atoms with Crippen LogP contribution in [0.25, 0.3) is 0 Å². The predicted molar refractivity (Wildman–Crippen MR) is 67.7 cm³/mol. The molecule has 0 spiro atoms. The maximum atomic E-state index is 13.1. The van der Waals surface area contributed by atoms with Crippen LogP contribution in [0.15, 0.2) is 41.0 Å². The molecule has 1 heterocycles. The van der Waals surface area contributed by atoms with Gasteiger partial charge in [0.1, 0.15) is 11.6 Å². The minimum Gasteiger partial charge on any atom is -0.468 e.